The van der Waals surface area contributed by atoms with Gasteiger partial charge in [-0.05, 0) is 18.6 Å². The Kier molecular flexibility index (Phi) is 4.39. The minimum atomic E-state index is -0.254. The Morgan fingerprint density at radius 3 is 2.52 bits per heavy atom. The summed E-state index contributed by atoms with van der Waals surface area (Å²) in [6, 6.07) is 13.5. The lowest BCUT2D eigenvalue weighted by Gasteiger charge is -2.20. The first-order chi connectivity index (χ1) is 13.1. The standard InChI is InChI=1S/C21H22N4O2/c1-23-12-6-9-17(20(23)26)21(27)25-13-10-16-18(11-14-25)24(2)22-19(16)15-7-4-3-5-8-15/h3-9,12H,10-11,13-14H2,1-2H3. The number of benzene rings is 1. The Hall–Kier alpha value is -3.15. The van der Waals surface area contributed by atoms with Crippen molar-refractivity contribution in [3.8, 4) is 11.3 Å². The van der Waals surface area contributed by atoms with Crippen LogP contribution >= 0.6 is 0 Å². The topological polar surface area (TPSA) is 60.1 Å². The van der Waals surface area contributed by atoms with Gasteiger partial charge in [0.25, 0.3) is 11.5 Å². The molecule has 4 rings (SSSR count). The number of rotatable bonds is 2. The van der Waals surface area contributed by atoms with Crippen LogP contribution in [0.25, 0.3) is 11.3 Å². The number of carbonyl (C=O) groups excluding carboxylic acids is 1. The SMILES string of the molecule is Cn1nc(-c2ccccc2)c2c1CCN(C(=O)c1cccn(C)c1=O)CC2. The summed E-state index contributed by atoms with van der Waals surface area (Å²) >= 11 is 0. The molecule has 1 aliphatic rings. The van der Waals surface area contributed by atoms with Gasteiger partial charge in [-0.1, -0.05) is 30.3 Å². The molecule has 1 aliphatic heterocycles. The predicted octanol–water partition coefficient (Wildman–Crippen LogP) is 2.03. The summed E-state index contributed by atoms with van der Waals surface area (Å²) in [5, 5.41) is 4.72. The molecule has 0 atom stereocenters. The van der Waals surface area contributed by atoms with Gasteiger partial charge in [-0.3, -0.25) is 14.3 Å². The molecule has 3 aromatic rings. The first-order valence-corrected chi connectivity index (χ1v) is 9.11. The Balaban J connectivity index is 1.63. The van der Waals surface area contributed by atoms with Gasteiger partial charge in [0.15, 0.2) is 0 Å². The van der Waals surface area contributed by atoms with Crippen LogP contribution < -0.4 is 5.56 Å². The molecule has 0 saturated carbocycles. The first kappa shape index (κ1) is 17.3. The summed E-state index contributed by atoms with van der Waals surface area (Å²) in [5.74, 6) is -0.196. The zero-order valence-electron chi connectivity index (χ0n) is 15.6. The smallest absolute Gasteiger partial charge is 0.263 e. The summed E-state index contributed by atoms with van der Waals surface area (Å²) in [7, 11) is 3.62. The Labute approximate surface area is 157 Å². The van der Waals surface area contributed by atoms with Gasteiger partial charge in [-0.2, -0.15) is 5.10 Å². The van der Waals surface area contributed by atoms with Crippen LogP contribution in [0.2, 0.25) is 0 Å². The van der Waals surface area contributed by atoms with Crippen molar-refractivity contribution < 1.29 is 4.79 Å². The van der Waals surface area contributed by atoms with E-state index < -0.39 is 0 Å². The average Bonchev–Trinajstić information content (AvgIpc) is 2.86. The van der Waals surface area contributed by atoms with Crippen molar-refractivity contribution in [2.24, 2.45) is 14.1 Å². The molecule has 138 valence electrons. The van der Waals surface area contributed by atoms with Gasteiger partial charge in [0, 0.05) is 56.6 Å². The van der Waals surface area contributed by atoms with Gasteiger partial charge in [-0.25, -0.2) is 0 Å². The number of pyridine rings is 1. The molecule has 0 N–H and O–H groups in total. The van der Waals surface area contributed by atoms with Gasteiger partial charge in [0.2, 0.25) is 0 Å². The fraction of sp³-hybridized carbons (Fsp3) is 0.286. The molecule has 6 heteroatoms. The zero-order chi connectivity index (χ0) is 19.0. The summed E-state index contributed by atoms with van der Waals surface area (Å²) in [4.78, 5) is 27.0. The molecule has 0 radical (unpaired) electrons. The normalized spacial score (nSPS) is 13.9. The fourth-order valence-corrected chi connectivity index (χ4v) is 3.74. The van der Waals surface area contributed by atoms with E-state index in [2.05, 4.69) is 12.1 Å². The molecular weight excluding hydrogens is 340 g/mol. The highest BCUT2D eigenvalue weighted by Crippen LogP contribution is 2.28. The highest BCUT2D eigenvalue weighted by Gasteiger charge is 2.26. The van der Waals surface area contributed by atoms with E-state index in [-0.39, 0.29) is 17.0 Å². The molecular formula is C21H22N4O2. The lowest BCUT2D eigenvalue weighted by atomic mass is 10.0. The highest BCUT2D eigenvalue weighted by molar-refractivity contribution is 5.94. The van der Waals surface area contributed by atoms with Crippen molar-refractivity contribution in [2.75, 3.05) is 13.1 Å². The third-order valence-corrected chi connectivity index (χ3v) is 5.21. The van der Waals surface area contributed by atoms with E-state index in [9.17, 15) is 9.59 Å². The lowest BCUT2D eigenvalue weighted by molar-refractivity contribution is 0.0760. The summed E-state index contributed by atoms with van der Waals surface area (Å²) < 4.78 is 3.37. The van der Waals surface area contributed by atoms with Crippen LogP contribution in [0.15, 0.2) is 53.5 Å². The molecule has 6 nitrogen and oxygen atoms in total. The van der Waals surface area contributed by atoms with Gasteiger partial charge in [0.05, 0.1) is 5.69 Å². The number of amides is 1. The molecule has 0 aliphatic carbocycles. The van der Waals surface area contributed by atoms with E-state index in [0.29, 0.717) is 13.1 Å². The molecule has 3 heterocycles. The zero-order valence-corrected chi connectivity index (χ0v) is 15.6. The van der Waals surface area contributed by atoms with Crippen molar-refractivity contribution in [1.29, 1.82) is 0 Å². The summed E-state index contributed by atoms with van der Waals surface area (Å²) in [6.07, 6.45) is 3.12. The third kappa shape index (κ3) is 3.07. The third-order valence-electron chi connectivity index (χ3n) is 5.21. The minimum absolute atomic E-state index is 0.196. The van der Waals surface area contributed by atoms with Crippen LogP contribution in [-0.2, 0) is 26.9 Å². The van der Waals surface area contributed by atoms with Crippen LogP contribution in [0.1, 0.15) is 21.6 Å². The largest absolute Gasteiger partial charge is 0.338 e. The van der Waals surface area contributed by atoms with Crippen LogP contribution in [0.3, 0.4) is 0 Å². The van der Waals surface area contributed by atoms with Crippen molar-refractivity contribution >= 4 is 5.91 Å². The fourth-order valence-electron chi connectivity index (χ4n) is 3.74. The number of carbonyl (C=O) groups is 1. The van der Waals surface area contributed by atoms with Gasteiger partial charge in [0.1, 0.15) is 5.56 Å². The molecule has 27 heavy (non-hydrogen) atoms. The summed E-state index contributed by atoms with van der Waals surface area (Å²) in [6.45, 7) is 1.16. The Bertz CT molecular complexity index is 1050. The van der Waals surface area contributed by atoms with E-state index in [1.165, 1.54) is 10.1 Å². The van der Waals surface area contributed by atoms with E-state index in [1.807, 2.05) is 29.9 Å². The number of fused-ring (bicyclic) bond motifs is 1. The summed E-state index contributed by atoms with van der Waals surface area (Å²) in [5.41, 5.74) is 4.40. The predicted molar refractivity (Wildman–Crippen MR) is 104 cm³/mol. The van der Waals surface area contributed by atoms with Crippen molar-refractivity contribution in [1.82, 2.24) is 19.2 Å². The Morgan fingerprint density at radius 1 is 1.00 bits per heavy atom. The quantitative estimate of drug-likeness (QED) is 0.701. The van der Waals surface area contributed by atoms with Crippen LogP contribution in [0.5, 0.6) is 0 Å². The lowest BCUT2D eigenvalue weighted by Crippen LogP contribution is -2.37. The van der Waals surface area contributed by atoms with Gasteiger partial charge in [-0.15, -0.1) is 0 Å². The van der Waals surface area contributed by atoms with Crippen molar-refractivity contribution in [3.05, 3.63) is 75.8 Å². The number of hydrogen-bond donors (Lipinski definition) is 0. The molecule has 0 fully saturated rings. The molecule has 1 aromatic carbocycles. The van der Waals surface area contributed by atoms with Crippen LogP contribution in [-0.4, -0.2) is 38.2 Å². The maximum absolute atomic E-state index is 12.9. The number of hydrogen-bond acceptors (Lipinski definition) is 3. The first-order valence-electron chi connectivity index (χ1n) is 9.11. The van der Waals surface area contributed by atoms with Crippen LogP contribution in [0.4, 0.5) is 0 Å². The number of aromatic nitrogens is 3. The number of aryl methyl sites for hydroxylation is 2. The monoisotopic (exact) mass is 362 g/mol. The maximum atomic E-state index is 12.9. The molecule has 0 unspecified atom stereocenters. The second-order valence-corrected chi connectivity index (χ2v) is 6.89. The van der Waals surface area contributed by atoms with E-state index in [1.54, 1.807) is 30.3 Å². The average molecular weight is 362 g/mol. The molecule has 0 spiro atoms. The van der Waals surface area contributed by atoms with Gasteiger partial charge >= 0.3 is 0 Å². The molecule has 2 aromatic heterocycles. The highest BCUT2D eigenvalue weighted by atomic mass is 16.2. The Morgan fingerprint density at radius 2 is 1.74 bits per heavy atom. The molecule has 0 bridgehead atoms. The maximum Gasteiger partial charge on any atom is 0.263 e. The second-order valence-electron chi connectivity index (χ2n) is 6.89. The van der Waals surface area contributed by atoms with E-state index in [0.717, 1.165) is 29.8 Å². The van der Waals surface area contributed by atoms with Crippen molar-refractivity contribution in [3.63, 3.8) is 0 Å². The van der Waals surface area contributed by atoms with Crippen molar-refractivity contribution in [2.45, 2.75) is 12.8 Å². The van der Waals surface area contributed by atoms with Gasteiger partial charge < -0.3 is 9.47 Å². The van der Waals surface area contributed by atoms with Crippen LogP contribution in [0, 0.1) is 0 Å². The minimum Gasteiger partial charge on any atom is -0.338 e. The second kappa shape index (κ2) is 6.87. The van der Waals surface area contributed by atoms with E-state index >= 15 is 0 Å². The van der Waals surface area contributed by atoms with E-state index in [4.69, 9.17) is 5.10 Å². The number of nitrogens with zero attached hydrogens (tertiary/aromatic N) is 4. The molecule has 0 saturated heterocycles. The molecule has 1 amide bonds.